The van der Waals surface area contributed by atoms with E-state index in [1.54, 1.807) is 0 Å². The van der Waals surface area contributed by atoms with E-state index in [-0.39, 0.29) is 6.04 Å². The first-order valence-electron chi connectivity index (χ1n) is 6.32. The molecule has 2 N–H and O–H groups in total. The Hall–Kier alpha value is -1.80. The van der Waals surface area contributed by atoms with Crippen LogP contribution in [0.3, 0.4) is 0 Å². The Morgan fingerprint density at radius 2 is 1.67 bits per heavy atom. The van der Waals surface area contributed by atoms with Crippen LogP contribution >= 0.6 is 0 Å². The fraction of sp³-hybridized carbons (Fsp3) is 0.250. The molecule has 2 aromatic rings. The quantitative estimate of drug-likeness (QED) is 0.866. The van der Waals surface area contributed by atoms with E-state index in [0.29, 0.717) is 6.61 Å². The van der Waals surface area contributed by atoms with Gasteiger partial charge in [0.1, 0.15) is 12.4 Å². The summed E-state index contributed by atoms with van der Waals surface area (Å²) in [4.78, 5) is 0. The van der Waals surface area contributed by atoms with E-state index in [9.17, 15) is 0 Å². The summed E-state index contributed by atoms with van der Waals surface area (Å²) in [6.07, 6.45) is 0.949. The summed E-state index contributed by atoms with van der Waals surface area (Å²) >= 11 is 0. The number of rotatable bonds is 5. The van der Waals surface area contributed by atoms with Crippen molar-refractivity contribution >= 4 is 0 Å². The maximum absolute atomic E-state index is 5.97. The lowest BCUT2D eigenvalue weighted by atomic mass is 10.1. The first-order chi connectivity index (χ1) is 8.79. The number of benzene rings is 2. The largest absolute Gasteiger partial charge is 0.489 e. The molecule has 0 aromatic heterocycles. The fourth-order valence-electron chi connectivity index (χ4n) is 1.79. The van der Waals surface area contributed by atoms with Crippen molar-refractivity contribution in [3.05, 3.63) is 65.7 Å². The van der Waals surface area contributed by atoms with Crippen molar-refractivity contribution in [1.29, 1.82) is 0 Å². The van der Waals surface area contributed by atoms with Crippen LogP contribution in [0.1, 0.15) is 30.5 Å². The summed E-state index contributed by atoms with van der Waals surface area (Å²) in [6, 6.07) is 18.3. The Kier molecular flexibility index (Phi) is 4.37. The molecular formula is C16H19NO. The summed E-state index contributed by atoms with van der Waals surface area (Å²) < 4.78 is 5.72. The van der Waals surface area contributed by atoms with Crippen LogP contribution in [0.15, 0.2) is 54.6 Å². The molecule has 0 aliphatic carbocycles. The van der Waals surface area contributed by atoms with Crippen molar-refractivity contribution < 1.29 is 4.74 Å². The van der Waals surface area contributed by atoms with Crippen LogP contribution in [0.2, 0.25) is 0 Å². The monoisotopic (exact) mass is 241 g/mol. The standard InChI is InChI=1S/C16H19NO/c1-2-16(17)14-8-10-15(11-9-14)18-12-13-6-4-3-5-7-13/h3-11,16H,2,12,17H2,1H3/t16-/m0/s1. The van der Waals surface area contributed by atoms with Crippen LogP contribution in [0.5, 0.6) is 5.75 Å². The molecule has 0 fully saturated rings. The molecule has 0 amide bonds. The van der Waals surface area contributed by atoms with Gasteiger partial charge in [-0.1, -0.05) is 49.4 Å². The molecule has 18 heavy (non-hydrogen) atoms. The summed E-state index contributed by atoms with van der Waals surface area (Å²) in [5.74, 6) is 0.880. The first-order valence-corrected chi connectivity index (χ1v) is 6.32. The van der Waals surface area contributed by atoms with E-state index in [1.165, 1.54) is 5.56 Å². The summed E-state index contributed by atoms with van der Waals surface area (Å²) in [7, 11) is 0. The van der Waals surface area contributed by atoms with Gasteiger partial charge in [-0.2, -0.15) is 0 Å². The minimum absolute atomic E-state index is 0.119. The fourth-order valence-corrected chi connectivity index (χ4v) is 1.79. The van der Waals surface area contributed by atoms with Crippen LogP contribution < -0.4 is 10.5 Å². The van der Waals surface area contributed by atoms with Gasteiger partial charge in [-0.3, -0.25) is 0 Å². The SMILES string of the molecule is CC[C@H](N)c1ccc(OCc2ccccc2)cc1. The van der Waals surface area contributed by atoms with Gasteiger partial charge in [-0.05, 0) is 29.7 Å². The second kappa shape index (κ2) is 6.22. The van der Waals surface area contributed by atoms with Gasteiger partial charge in [0.15, 0.2) is 0 Å². The Bertz CT molecular complexity index is 464. The van der Waals surface area contributed by atoms with Crippen LogP contribution in [0.4, 0.5) is 0 Å². The normalized spacial score (nSPS) is 12.1. The molecule has 0 aliphatic rings. The van der Waals surface area contributed by atoms with Gasteiger partial charge in [0.2, 0.25) is 0 Å². The van der Waals surface area contributed by atoms with Crippen LogP contribution in [0, 0.1) is 0 Å². The second-order valence-corrected chi connectivity index (χ2v) is 4.36. The molecule has 0 spiro atoms. The minimum Gasteiger partial charge on any atom is -0.489 e. The van der Waals surface area contributed by atoms with E-state index in [0.717, 1.165) is 17.7 Å². The van der Waals surface area contributed by atoms with Crippen molar-refractivity contribution in [3.8, 4) is 5.75 Å². The van der Waals surface area contributed by atoms with Crippen LogP contribution in [-0.2, 0) is 6.61 Å². The van der Waals surface area contributed by atoms with E-state index in [2.05, 4.69) is 19.1 Å². The summed E-state index contributed by atoms with van der Waals surface area (Å²) in [5.41, 5.74) is 8.30. The zero-order valence-electron chi connectivity index (χ0n) is 10.7. The maximum Gasteiger partial charge on any atom is 0.119 e. The first kappa shape index (κ1) is 12.7. The summed E-state index contributed by atoms with van der Waals surface area (Å²) in [5, 5.41) is 0. The molecule has 94 valence electrons. The van der Waals surface area contributed by atoms with Gasteiger partial charge in [0.05, 0.1) is 0 Å². The second-order valence-electron chi connectivity index (χ2n) is 4.36. The molecule has 0 radical (unpaired) electrons. The molecule has 0 saturated carbocycles. The van der Waals surface area contributed by atoms with Gasteiger partial charge in [-0.15, -0.1) is 0 Å². The Morgan fingerprint density at radius 1 is 1.00 bits per heavy atom. The van der Waals surface area contributed by atoms with Crippen LogP contribution in [0.25, 0.3) is 0 Å². The Balaban J connectivity index is 1.94. The number of hydrogen-bond acceptors (Lipinski definition) is 2. The summed E-state index contributed by atoms with van der Waals surface area (Å²) in [6.45, 7) is 2.69. The predicted molar refractivity (Wildman–Crippen MR) is 74.4 cm³/mol. The predicted octanol–water partition coefficient (Wildman–Crippen LogP) is 3.68. The van der Waals surface area contributed by atoms with Gasteiger partial charge in [0, 0.05) is 6.04 Å². The molecule has 2 heteroatoms. The van der Waals surface area contributed by atoms with Crippen molar-refractivity contribution in [2.75, 3.05) is 0 Å². The highest BCUT2D eigenvalue weighted by Crippen LogP contribution is 2.19. The van der Waals surface area contributed by atoms with E-state index in [1.807, 2.05) is 42.5 Å². The zero-order chi connectivity index (χ0) is 12.8. The number of ether oxygens (including phenoxy) is 1. The van der Waals surface area contributed by atoms with E-state index in [4.69, 9.17) is 10.5 Å². The Labute approximate surface area is 108 Å². The smallest absolute Gasteiger partial charge is 0.119 e. The third kappa shape index (κ3) is 3.34. The molecular weight excluding hydrogens is 222 g/mol. The highest BCUT2D eigenvalue weighted by molar-refractivity contribution is 5.29. The maximum atomic E-state index is 5.97. The average molecular weight is 241 g/mol. The lowest BCUT2D eigenvalue weighted by Gasteiger charge is -2.10. The average Bonchev–Trinajstić information content (AvgIpc) is 2.46. The van der Waals surface area contributed by atoms with Gasteiger partial charge in [0.25, 0.3) is 0 Å². The topological polar surface area (TPSA) is 35.2 Å². The van der Waals surface area contributed by atoms with Gasteiger partial charge < -0.3 is 10.5 Å². The number of nitrogens with two attached hydrogens (primary N) is 1. The van der Waals surface area contributed by atoms with E-state index < -0.39 is 0 Å². The van der Waals surface area contributed by atoms with Gasteiger partial charge in [-0.25, -0.2) is 0 Å². The van der Waals surface area contributed by atoms with Crippen LogP contribution in [-0.4, -0.2) is 0 Å². The van der Waals surface area contributed by atoms with Gasteiger partial charge >= 0.3 is 0 Å². The molecule has 0 bridgehead atoms. The molecule has 2 aromatic carbocycles. The lowest BCUT2D eigenvalue weighted by molar-refractivity contribution is 0.306. The van der Waals surface area contributed by atoms with Crippen molar-refractivity contribution in [3.63, 3.8) is 0 Å². The third-order valence-corrected chi connectivity index (χ3v) is 3.00. The highest BCUT2D eigenvalue weighted by Gasteiger charge is 2.03. The highest BCUT2D eigenvalue weighted by atomic mass is 16.5. The molecule has 0 saturated heterocycles. The van der Waals surface area contributed by atoms with Crippen molar-refractivity contribution in [2.24, 2.45) is 5.73 Å². The molecule has 0 unspecified atom stereocenters. The third-order valence-electron chi connectivity index (χ3n) is 3.00. The molecule has 2 rings (SSSR count). The van der Waals surface area contributed by atoms with Crippen molar-refractivity contribution in [1.82, 2.24) is 0 Å². The molecule has 2 nitrogen and oxygen atoms in total. The van der Waals surface area contributed by atoms with E-state index >= 15 is 0 Å². The molecule has 0 heterocycles. The minimum atomic E-state index is 0.119. The van der Waals surface area contributed by atoms with Crippen molar-refractivity contribution in [2.45, 2.75) is 26.0 Å². The lowest BCUT2D eigenvalue weighted by Crippen LogP contribution is -2.08. The molecule has 1 atom stereocenters. The molecule has 0 aliphatic heterocycles. The zero-order valence-corrected chi connectivity index (χ0v) is 10.7. The Morgan fingerprint density at radius 3 is 2.28 bits per heavy atom. The number of hydrogen-bond donors (Lipinski definition) is 1.